The molecule has 1 heterocycles. The number of ether oxygens (including phenoxy) is 2. The van der Waals surface area contributed by atoms with Crippen LogP contribution in [0.4, 0.5) is 0 Å². The van der Waals surface area contributed by atoms with Crippen LogP contribution >= 0.6 is 0 Å². The van der Waals surface area contributed by atoms with Crippen molar-refractivity contribution in [2.75, 3.05) is 13.7 Å². The minimum absolute atomic E-state index is 0.0673. The molecule has 0 unspecified atom stereocenters. The van der Waals surface area contributed by atoms with Crippen molar-refractivity contribution < 1.29 is 24.8 Å². The highest BCUT2D eigenvalue weighted by molar-refractivity contribution is 4.82. The van der Waals surface area contributed by atoms with Crippen LogP contribution in [0.3, 0.4) is 0 Å². The van der Waals surface area contributed by atoms with Crippen LogP contribution in [0.5, 0.6) is 0 Å². The molecule has 3 N–H and O–H groups in total. The van der Waals surface area contributed by atoms with Gasteiger partial charge in [-0.2, -0.15) is 0 Å². The Morgan fingerprint density at radius 2 is 2.00 bits per heavy atom. The Morgan fingerprint density at radius 3 is 2.45 bits per heavy atom. The SMILES string of the molecule is CO[C@@H]1[C@@H](O)[C@H](O)CO[C@@H]1O. The molecule has 0 aromatic heterocycles. The van der Waals surface area contributed by atoms with E-state index in [1.165, 1.54) is 7.11 Å². The molecule has 1 fully saturated rings. The zero-order valence-corrected chi connectivity index (χ0v) is 6.17. The van der Waals surface area contributed by atoms with Gasteiger partial charge in [0.25, 0.3) is 0 Å². The highest BCUT2D eigenvalue weighted by Crippen LogP contribution is 2.15. The molecule has 0 aromatic rings. The average Bonchev–Trinajstić information content (AvgIpc) is 1.99. The van der Waals surface area contributed by atoms with E-state index in [1.54, 1.807) is 0 Å². The van der Waals surface area contributed by atoms with Gasteiger partial charge in [0.05, 0.1) is 6.61 Å². The van der Waals surface area contributed by atoms with Gasteiger partial charge in [-0.1, -0.05) is 0 Å². The van der Waals surface area contributed by atoms with Gasteiger partial charge in [-0.25, -0.2) is 0 Å². The minimum Gasteiger partial charge on any atom is -0.388 e. The fraction of sp³-hybridized carbons (Fsp3) is 1.00. The number of hydrogen-bond acceptors (Lipinski definition) is 5. The molecule has 66 valence electrons. The second kappa shape index (κ2) is 3.46. The third-order valence-corrected chi connectivity index (χ3v) is 1.72. The van der Waals surface area contributed by atoms with E-state index in [0.717, 1.165) is 0 Å². The van der Waals surface area contributed by atoms with Crippen molar-refractivity contribution in [3.63, 3.8) is 0 Å². The topological polar surface area (TPSA) is 79.2 Å². The van der Waals surface area contributed by atoms with E-state index >= 15 is 0 Å². The highest BCUT2D eigenvalue weighted by atomic mass is 16.6. The summed E-state index contributed by atoms with van der Waals surface area (Å²) in [6, 6.07) is 0. The summed E-state index contributed by atoms with van der Waals surface area (Å²) >= 11 is 0. The van der Waals surface area contributed by atoms with Gasteiger partial charge in [0.2, 0.25) is 0 Å². The summed E-state index contributed by atoms with van der Waals surface area (Å²) in [7, 11) is 1.33. The Hall–Kier alpha value is -0.200. The molecular formula is C6H12O5. The number of methoxy groups -OCH3 is 1. The molecule has 0 saturated carbocycles. The Morgan fingerprint density at radius 1 is 1.36 bits per heavy atom. The quantitative estimate of drug-likeness (QED) is 0.420. The van der Waals surface area contributed by atoms with Gasteiger partial charge < -0.3 is 24.8 Å². The third kappa shape index (κ3) is 1.69. The first-order chi connectivity index (χ1) is 5.16. The van der Waals surface area contributed by atoms with E-state index < -0.39 is 24.6 Å². The lowest BCUT2D eigenvalue weighted by molar-refractivity contribution is -0.258. The molecular weight excluding hydrogens is 152 g/mol. The lowest BCUT2D eigenvalue weighted by Gasteiger charge is -2.34. The average molecular weight is 164 g/mol. The fourth-order valence-electron chi connectivity index (χ4n) is 1.03. The van der Waals surface area contributed by atoms with Gasteiger partial charge in [0, 0.05) is 7.11 Å². The van der Waals surface area contributed by atoms with Crippen LogP contribution in [-0.2, 0) is 9.47 Å². The maximum absolute atomic E-state index is 9.19. The number of hydrogen-bond donors (Lipinski definition) is 3. The predicted molar refractivity (Wildman–Crippen MR) is 34.8 cm³/mol. The molecule has 0 aromatic carbocycles. The molecule has 0 amide bonds. The summed E-state index contributed by atoms with van der Waals surface area (Å²) in [6.45, 7) is -0.0673. The molecule has 0 spiro atoms. The first kappa shape index (κ1) is 8.89. The molecule has 0 radical (unpaired) electrons. The van der Waals surface area contributed by atoms with Crippen molar-refractivity contribution in [2.45, 2.75) is 24.6 Å². The van der Waals surface area contributed by atoms with Gasteiger partial charge >= 0.3 is 0 Å². The summed E-state index contributed by atoms with van der Waals surface area (Å²) in [5.74, 6) is 0. The van der Waals surface area contributed by atoms with Crippen molar-refractivity contribution in [2.24, 2.45) is 0 Å². The Kier molecular flexibility index (Phi) is 2.80. The predicted octanol–water partition coefficient (Wildman–Crippen LogP) is -1.93. The normalized spacial score (nSPS) is 45.8. The zero-order chi connectivity index (χ0) is 8.43. The van der Waals surface area contributed by atoms with Crippen molar-refractivity contribution in [3.8, 4) is 0 Å². The third-order valence-electron chi connectivity index (χ3n) is 1.72. The largest absolute Gasteiger partial charge is 0.388 e. The standard InChI is InChI=1S/C6H12O5/c1-10-5-4(8)3(7)2-11-6(5)9/h3-9H,2H2,1H3/t3-,4+,5-,6+/m1/s1. The van der Waals surface area contributed by atoms with Crippen LogP contribution in [-0.4, -0.2) is 53.6 Å². The van der Waals surface area contributed by atoms with Crippen molar-refractivity contribution >= 4 is 0 Å². The smallest absolute Gasteiger partial charge is 0.183 e. The molecule has 1 aliphatic rings. The molecule has 0 aliphatic carbocycles. The van der Waals surface area contributed by atoms with E-state index in [4.69, 9.17) is 14.9 Å². The van der Waals surface area contributed by atoms with Gasteiger partial charge in [-0.15, -0.1) is 0 Å². The van der Waals surface area contributed by atoms with Crippen LogP contribution in [0.2, 0.25) is 0 Å². The molecule has 1 rings (SSSR count). The van der Waals surface area contributed by atoms with Gasteiger partial charge in [-0.3, -0.25) is 0 Å². The molecule has 11 heavy (non-hydrogen) atoms. The molecule has 1 saturated heterocycles. The Labute approximate surface area is 64.2 Å². The summed E-state index contributed by atoms with van der Waals surface area (Å²) < 4.78 is 9.39. The van der Waals surface area contributed by atoms with Crippen LogP contribution in [0.1, 0.15) is 0 Å². The van der Waals surface area contributed by atoms with Gasteiger partial charge in [0.15, 0.2) is 6.29 Å². The first-order valence-corrected chi connectivity index (χ1v) is 3.35. The Bertz CT molecular complexity index is 128. The number of aliphatic hydroxyl groups is 3. The van der Waals surface area contributed by atoms with Gasteiger partial charge in [-0.05, 0) is 0 Å². The first-order valence-electron chi connectivity index (χ1n) is 3.35. The monoisotopic (exact) mass is 164 g/mol. The van der Waals surface area contributed by atoms with Gasteiger partial charge in [0.1, 0.15) is 18.3 Å². The summed E-state index contributed by atoms with van der Waals surface area (Å²) in [6.07, 6.45) is -4.08. The summed E-state index contributed by atoms with van der Waals surface area (Å²) in [5.41, 5.74) is 0. The number of aliphatic hydroxyl groups excluding tert-OH is 3. The van der Waals surface area contributed by atoms with E-state index in [9.17, 15) is 5.11 Å². The molecule has 1 aliphatic heterocycles. The van der Waals surface area contributed by atoms with Crippen LogP contribution in [0.15, 0.2) is 0 Å². The fourth-order valence-corrected chi connectivity index (χ4v) is 1.03. The van der Waals surface area contributed by atoms with E-state index in [2.05, 4.69) is 4.74 Å². The molecule has 0 bridgehead atoms. The molecule has 5 nitrogen and oxygen atoms in total. The van der Waals surface area contributed by atoms with Crippen molar-refractivity contribution in [1.82, 2.24) is 0 Å². The van der Waals surface area contributed by atoms with Crippen LogP contribution in [0, 0.1) is 0 Å². The summed E-state index contributed by atoms with van der Waals surface area (Å²) in [4.78, 5) is 0. The van der Waals surface area contributed by atoms with Crippen LogP contribution in [0.25, 0.3) is 0 Å². The maximum Gasteiger partial charge on any atom is 0.183 e. The lowest BCUT2D eigenvalue weighted by atomic mass is 10.1. The Balaban J connectivity index is 2.55. The van der Waals surface area contributed by atoms with Crippen LogP contribution < -0.4 is 0 Å². The zero-order valence-electron chi connectivity index (χ0n) is 6.17. The van der Waals surface area contributed by atoms with E-state index in [0.29, 0.717) is 0 Å². The molecule has 4 atom stereocenters. The molecule has 5 heteroatoms. The summed E-state index contributed by atoms with van der Waals surface area (Å²) in [5, 5.41) is 27.3. The lowest BCUT2D eigenvalue weighted by Crippen LogP contribution is -2.53. The van der Waals surface area contributed by atoms with E-state index in [-0.39, 0.29) is 6.61 Å². The second-order valence-corrected chi connectivity index (χ2v) is 2.48. The highest BCUT2D eigenvalue weighted by Gasteiger charge is 2.37. The van der Waals surface area contributed by atoms with Crippen molar-refractivity contribution in [1.29, 1.82) is 0 Å². The second-order valence-electron chi connectivity index (χ2n) is 2.48. The minimum atomic E-state index is -1.15. The van der Waals surface area contributed by atoms with Crippen molar-refractivity contribution in [3.05, 3.63) is 0 Å². The number of rotatable bonds is 1. The van der Waals surface area contributed by atoms with E-state index in [1.807, 2.05) is 0 Å². The maximum atomic E-state index is 9.19.